The van der Waals surface area contributed by atoms with Crippen LogP contribution in [0.4, 0.5) is 0 Å². The van der Waals surface area contributed by atoms with Gasteiger partial charge in [0, 0.05) is 12.6 Å². The molecule has 2 aliphatic carbocycles. The monoisotopic (exact) mass is 383 g/mol. The van der Waals surface area contributed by atoms with Crippen LogP contribution in [0.15, 0.2) is 54.6 Å². The Labute approximate surface area is 169 Å². The molecule has 1 saturated heterocycles. The summed E-state index contributed by atoms with van der Waals surface area (Å²) in [7, 11) is 0. The Hall–Kier alpha value is -1.51. The summed E-state index contributed by atoms with van der Waals surface area (Å²) in [6.45, 7) is 2.50. The summed E-state index contributed by atoms with van der Waals surface area (Å²) in [5, 5.41) is 9.94. The van der Waals surface area contributed by atoms with Crippen molar-refractivity contribution in [3.63, 3.8) is 0 Å². The zero-order chi connectivity index (χ0) is 17.6. The van der Waals surface area contributed by atoms with Crippen molar-refractivity contribution in [1.29, 1.82) is 0 Å². The van der Waals surface area contributed by atoms with Crippen LogP contribution < -0.4 is 0 Å². The van der Waals surface area contributed by atoms with Crippen molar-refractivity contribution in [2.75, 3.05) is 13.1 Å². The number of benzene rings is 2. The van der Waals surface area contributed by atoms with Gasteiger partial charge >= 0.3 is 0 Å². The lowest BCUT2D eigenvalue weighted by Crippen LogP contribution is -2.52. The summed E-state index contributed by atoms with van der Waals surface area (Å²) in [5.74, 6) is 2.07. The van der Waals surface area contributed by atoms with E-state index >= 15 is 0 Å². The van der Waals surface area contributed by atoms with E-state index in [1.165, 1.54) is 62.7 Å². The van der Waals surface area contributed by atoms with E-state index in [9.17, 15) is 5.11 Å². The van der Waals surface area contributed by atoms with Gasteiger partial charge in [0.25, 0.3) is 0 Å². The highest BCUT2D eigenvalue weighted by atomic mass is 35.5. The van der Waals surface area contributed by atoms with Crippen LogP contribution in [-0.2, 0) is 5.41 Å². The number of hydrogen-bond donors (Lipinski definition) is 1. The molecule has 2 nitrogen and oxygen atoms in total. The Morgan fingerprint density at radius 1 is 1.04 bits per heavy atom. The van der Waals surface area contributed by atoms with E-state index in [0.717, 1.165) is 17.9 Å². The first-order valence-corrected chi connectivity index (χ1v) is 10.3. The average molecular weight is 384 g/mol. The zero-order valence-electron chi connectivity index (χ0n) is 15.9. The van der Waals surface area contributed by atoms with Crippen molar-refractivity contribution >= 4 is 12.4 Å². The van der Waals surface area contributed by atoms with Gasteiger partial charge in [-0.15, -0.1) is 12.4 Å². The van der Waals surface area contributed by atoms with Gasteiger partial charge in [-0.2, -0.15) is 0 Å². The minimum Gasteiger partial charge on any atom is -0.508 e. The van der Waals surface area contributed by atoms with Crippen LogP contribution in [0.3, 0.4) is 0 Å². The van der Waals surface area contributed by atoms with Crippen molar-refractivity contribution in [2.45, 2.75) is 55.9 Å². The Bertz CT molecular complexity index is 779. The number of aromatic hydroxyl groups is 1. The summed E-state index contributed by atoms with van der Waals surface area (Å²) in [4.78, 5) is 2.80. The number of nitrogens with zero attached hydrogens (tertiary/aromatic N) is 1. The van der Waals surface area contributed by atoms with E-state index in [2.05, 4.69) is 41.3 Å². The van der Waals surface area contributed by atoms with Gasteiger partial charge in [0.05, 0.1) is 0 Å². The number of rotatable bonds is 4. The van der Waals surface area contributed by atoms with Crippen molar-refractivity contribution in [3.8, 4) is 5.75 Å². The molecule has 0 spiro atoms. The highest BCUT2D eigenvalue weighted by Gasteiger charge is 2.46. The van der Waals surface area contributed by atoms with Gasteiger partial charge in [-0.05, 0) is 79.2 Å². The molecule has 4 atom stereocenters. The predicted molar refractivity (Wildman–Crippen MR) is 113 cm³/mol. The molecule has 144 valence electrons. The van der Waals surface area contributed by atoms with Crippen LogP contribution in [0.2, 0.25) is 0 Å². The molecule has 0 aromatic heterocycles. The summed E-state index contributed by atoms with van der Waals surface area (Å²) in [5.41, 5.74) is 3.21. The molecule has 2 aromatic rings. The van der Waals surface area contributed by atoms with Gasteiger partial charge in [0.15, 0.2) is 0 Å². The maximum Gasteiger partial charge on any atom is 0.115 e. The van der Waals surface area contributed by atoms with Crippen molar-refractivity contribution in [1.82, 2.24) is 4.90 Å². The third-order valence-corrected chi connectivity index (χ3v) is 7.29. The second-order valence-electron chi connectivity index (χ2n) is 8.84. The quantitative estimate of drug-likeness (QED) is 0.753. The minimum absolute atomic E-state index is 0. The molecule has 1 heterocycles. The van der Waals surface area contributed by atoms with Gasteiger partial charge in [0.2, 0.25) is 0 Å². The van der Waals surface area contributed by atoms with Crippen LogP contribution in [0.25, 0.3) is 0 Å². The molecule has 0 unspecified atom stereocenters. The molecule has 27 heavy (non-hydrogen) atoms. The minimum atomic E-state index is 0. The molecular weight excluding hydrogens is 354 g/mol. The lowest BCUT2D eigenvalue weighted by molar-refractivity contribution is 0.0478. The van der Waals surface area contributed by atoms with E-state index < -0.39 is 0 Å². The molecule has 2 saturated carbocycles. The predicted octanol–water partition coefficient (Wildman–Crippen LogP) is 5.50. The molecular formula is C24H30ClNO. The average Bonchev–Trinajstić information content (AvgIpc) is 3.45. The number of fused-ring (bicyclic) bond motifs is 2. The molecule has 3 heteroatoms. The number of hydrogen-bond acceptors (Lipinski definition) is 2. The Balaban J connectivity index is 0.00000180. The summed E-state index contributed by atoms with van der Waals surface area (Å²) >= 11 is 0. The Kier molecular flexibility index (Phi) is 5.22. The smallest absolute Gasteiger partial charge is 0.115 e. The fraction of sp³-hybridized carbons (Fsp3) is 0.500. The summed E-state index contributed by atoms with van der Waals surface area (Å²) < 4.78 is 0. The molecule has 0 radical (unpaired) electrons. The molecule has 2 aromatic carbocycles. The van der Waals surface area contributed by atoms with Gasteiger partial charge in [-0.1, -0.05) is 48.9 Å². The SMILES string of the molecule is Cl.Oc1cccc([C@@]23CCC[C@@H](C2)N(C[C@H]2C[C@H]2c2ccccc2)CC3)c1. The normalized spacial score (nSPS) is 32.5. The van der Waals surface area contributed by atoms with E-state index in [4.69, 9.17) is 0 Å². The molecule has 1 aliphatic heterocycles. The fourth-order valence-corrected chi connectivity index (χ4v) is 5.75. The molecule has 0 amide bonds. The topological polar surface area (TPSA) is 23.5 Å². The van der Waals surface area contributed by atoms with Crippen molar-refractivity contribution in [2.24, 2.45) is 5.92 Å². The van der Waals surface area contributed by atoms with E-state index in [1.54, 1.807) is 6.07 Å². The highest BCUT2D eigenvalue weighted by molar-refractivity contribution is 5.85. The van der Waals surface area contributed by atoms with E-state index in [0.29, 0.717) is 11.2 Å². The van der Waals surface area contributed by atoms with Crippen LogP contribution >= 0.6 is 12.4 Å². The highest BCUT2D eigenvalue weighted by Crippen LogP contribution is 2.51. The molecule has 2 bridgehead atoms. The van der Waals surface area contributed by atoms with E-state index in [1.807, 2.05) is 12.1 Å². The number of phenols is 1. The second kappa shape index (κ2) is 7.48. The van der Waals surface area contributed by atoms with Gasteiger partial charge in [-0.3, -0.25) is 0 Å². The number of likely N-dealkylation sites (tertiary alicyclic amines) is 1. The zero-order valence-corrected chi connectivity index (χ0v) is 16.7. The second-order valence-corrected chi connectivity index (χ2v) is 8.84. The maximum absolute atomic E-state index is 9.94. The van der Waals surface area contributed by atoms with E-state index in [-0.39, 0.29) is 12.4 Å². The summed E-state index contributed by atoms with van der Waals surface area (Å²) in [6.07, 6.45) is 7.85. The lowest BCUT2D eigenvalue weighted by atomic mass is 9.63. The summed E-state index contributed by atoms with van der Waals surface area (Å²) in [6, 6.07) is 19.9. The van der Waals surface area contributed by atoms with Crippen LogP contribution in [0, 0.1) is 5.92 Å². The van der Waals surface area contributed by atoms with Crippen molar-refractivity contribution < 1.29 is 5.11 Å². The van der Waals surface area contributed by atoms with Crippen LogP contribution in [0.1, 0.15) is 55.6 Å². The first kappa shape index (κ1) is 18.8. The first-order chi connectivity index (χ1) is 12.7. The fourth-order valence-electron chi connectivity index (χ4n) is 5.75. The molecule has 3 fully saturated rings. The number of piperidine rings is 1. The largest absolute Gasteiger partial charge is 0.508 e. The Morgan fingerprint density at radius 2 is 1.89 bits per heavy atom. The van der Waals surface area contributed by atoms with Crippen LogP contribution in [-0.4, -0.2) is 29.1 Å². The van der Waals surface area contributed by atoms with Gasteiger partial charge in [-0.25, -0.2) is 0 Å². The van der Waals surface area contributed by atoms with Crippen molar-refractivity contribution in [3.05, 3.63) is 65.7 Å². The van der Waals surface area contributed by atoms with Crippen LogP contribution in [0.5, 0.6) is 5.75 Å². The molecule has 5 rings (SSSR count). The third kappa shape index (κ3) is 3.62. The molecule has 3 aliphatic rings. The molecule has 1 N–H and O–H groups in total. The lowest BCUT2D eigenvalue weighted by Gasteiger charge is -2.51. The van der Waals surface area contributed by atoms with Gasteiger partial charge in [0.1, 0.15) is 5.75 Å². The standard InChI is InChI=1S/C24H29NO.ClH/c26-22-10-4-8-20(15-22)24-11-5-9-21(16-24)25(13-12-24)17-19-14-23(19)18-6-2-1-3-7-18;/h1-4,6-8,10,15,19,21,23,26H,5,9,11-14,16-17H2;1H/t19-,21+,23+,24-;/m1./s1. The first-order valence-electron chi connectivity index (χ1n) is 10.3. The number of phenolic OH excluding ortho intramolecular Hbond substituents is 1. The van der Waals surface area contributed by atoms with Gasteiger partial charge < -0.3 is 10.0 Å². The maximum atomic E-state index is 9.94. The Morgan fingerprint density at radius 3 is 2.70 bits per heavy atom. The number of halogens is 1. The third-order valence-electron chi connectivity index (χ3n) is 7.29.